The third-order valence-corrected chi connectivity index (χ3v) is 3.56. The van der Waals surface area contributed by atoms with Crippen molar-refractivity contribution in [2.75, 3.05) is 0 Å². The van der Waals surface area contributed by atoms with E-state index in [-0.39, 0.29) is 0 Å². The summed E-state index contributed by atoms with van der Waals surface area (Å²) in [6, 6.07) is 4.75. The lowest BCUT2D eigenvalue weighted by atomic mass is 10.5. The number of nitrogens with zero attached hydrogens (tertiary/aromatic N) is 1. The van der Waals surface area contributed by atoms with Crippen LogP contribution in [0.15, 0.2) is 29.4 Å². The number of pyridine rings is 1. The molecule has 3 nitrogen and oxygen atoms in total. The number of rotatable bonds is 4. The summed E-state index contributed by atoms with van der Waals surface area (Å²) in [5.41, 5.74) is 0.385. The van der Waals surface area contributed by atoms with E-state index in [0.29, 0.717) is 16.8 Å². The van der Waals surface area contributed by atoms with Crippen LogP contribution in [0.5, 0.6) is 0 Å². The van der Waals surface area contributed by atoms with Crippen LogP contribution in [0.25, 0.3) is 0 Å². The van der Waals surface area contributed by atoms with Crippen LogP contribution in [-0.2, 0) is 4.79 Å². The molecule has 0 saturated heterocycles. The molecule has 1 unspecified atom stereocenters. The van der Waals surface area contributed by atoms with Crippen LogP contribution in [0, 0.1) is 0 Å². The maximum atomic E-state index is 12.1. The number of amides is 1. The fourth-order valence-corrected chi connectivity index (χ4v) is 2.58. The molecular weight excluding hydrogens is 261 g/mol. The van der Waals surface area contributed by atoms with Crippen LogP contribution in [0.3, 0.4) is 0 Å². The summed E-state index contributed by atoms with van der Waals surface area (Å²) in [6.07, 6.45) is 1.43. The van der Waals surface area contributed by atoms with Gasteiger partial charge in [0, 0.05) is 6.20 Å². The molecule has 88 valence electrons. The maximum absolute atomic E-state index is 12.1. The summed E-state index contributed by atoms with van der Waals surface area (Å²) in [7, 11) is 0. The largest absolute Gasteiger partial charge is 0.443 e. The van der Waals surface area contributed by atoms with E-state index in [2.05, 4.69) is 4.98 Å². The van der Waals surface area contributed by atoms with Gasteiger partial charge < -0.3 is 5.73 Å². The van der Waals surface area contributed by atoms with Gasteiger partial charge in [-0.05, 0) is 23.9 Å². The summed E-state index contributed by atoms with van der Waals surface area (Å²) in [5.74, 6) is -1.03. The quantitative estimate of drug-likeness (QED) is 0.672. The Labute approximate surface area is 98.0 Å². The Morgan fingerprint density at radius 2 is 2.12 bits per heavy atom. The topological polar surface area (TPSA) is 56.0 Å². The number of aromatic nitrogens is 1. The van der Waals surface area contributed by atoms with E-state index >= 15 is 0 Å². The van der Waals surface area contributed by atoms with Crippen molar-refractivity contribution in [1.82, 2.24) is 4.98 Å². The molecule has 0 aliphatic rings. The molecule has 0 radical (unpaired) electrons. The highest BCUT2D eigenvalue weighted by Gasteiger charge is 2.36. The van der Waals surface area contributed by atoms with Gasteiger partial charge in [0.05, 0.1) is 5.03 Å². The van der Waals surface area contributed by atoms with Crippen LogP contribution in [0.2, 0.25) is 0 Å². The fourth-order valence-electron chi connectivity index (χ4n) is 0.788. The molecule has 1 rings (SSSR count). The average Bonchev–Trinajstić information content (AvgIpc) is 2.16. The first kappa shape index (κ1) is 13.2. The van der Waals surface area contributed by atoms with Crippen LogP contribution >= 0.6 is 23.5 Å². The Morgan fingerprint density at radius 3 is 2.56 bits per heavy atom. The molecule has 0 aliphatic carbocycles. The van der Waals surface area contributed by atoms with Crippen LogP contribution in [-0.4, -0.2) is 21.0 Å². The Hall–Kier alpha value is -0.890. The Morgan fingerprint density at radius 1 is 1.44 bits per heavy atom. The first-order valence-electron chi connectivity index (χ1n) is 4.00. The van der Waals surface area contributed by atoms with E-state index < -0.39 is 27.8 Å². The van der Waals surface area contributed by atoms with Gasteiger partial charge in [0.2, 0.25) is 5.91 Å². The second kappa shape index (κ2) is 5.44. The van der Waals surface area contributed by atoms with Crippen molar-refractivity contribution in [1.29, 1.82) is 0 Å². The molecule has 1 aromatic rings. The van der Waals surface area contributed by atoms with Crippen LogP contribution < -0.4 is 5.73 Å². The highest BCUT2D eigenvalue weighted by Crippen LogP contribution is 2.40. The lowest BCUT2D eigenvalue weighted by Crippen LogP contribution is -2.26. The molecule has 0 saturated carbocycles. The van der Waals surface area contributed by atoms with E-state index in [1.54, 1.807) is 12.1 Å². The molecule has 1 aromatic heterocycles. The lowest BCUT2D eigenvalue weighted by Gasteiger charge is -2.13. The molecule has 16 heavy (non-hydrogen) atoms. The molecule has 1 heterocycles. The zero-order valence-corrected chi connectivity index (χ0v) is 9.40. The number of primary amides is 1. The average molecular weight is 268 g/mol. The number of nitrogens with two attached hydrogens (primary N) is 1. The highest BCUT2D eigenvalue weighted by atomic mass is 32.2. The third kappa shape index (κ3) is 4.75. The van der Waals surface area contributed by atoms with Crippen molar-refractivity contribution in [3.8, 4) is 0 Å². The molecule has 0 spiro atoms. The molecule has 1 atom stereocenters. The number of thioether (sulfide) groups is 2. The Kier molecular flexibility index (Phi) is 4.48. The van der Waals surface area contributed by atoms with Gasteiger partial charge in [0.1, 0.15) is 4.58 Å². The van der Waals surface area contributed by atoms with Gasteiger partial charge >= 0.3 is 5.51 Å². The summed E-state index contributed by atoms with van der Waals surface area (Å²) in [4.78, 5) is 14.6. The SMILES string of the molecule is NC(=O)C(Sc1ccccn1)SC(F)(F)F. The van der Waals surface area contributed by atoms with Crippen LogP contribution in [0.4, 0.5) is 13.2 Å². The zero-order chi connectivity index (χ0) is 12.2. The standard InChI is InChI=1S/C8H7F3N2OS2/c9-8(10,11)16-7(6(12)14)15-5-3-1-2-4-13-5/h1-4,7H,(H2,12,14). The van der Waals surface area contributed by atoms with Gasteiger partial charge in [-0.1, -0.05) is 17.8 Å². The van der Waals surface area contributed by atoms with Crippen molar-refractivity contribution < 1.29 is 18.0 Å². The second-order valence-corrected chi connectivity index (χ2v) is 5.18. The smallest absolute Gasteiger partial charge is 0.368 e. The van der Waals surface area contributed by atoms with E-state index in [9.17, 15) is 18.0 Å². The number of carbonyl (C=O) groups excluding carboxylic acids is 1. The van der Waals surface area contributed by atoms with E-state index in [4.69, 9.17) is 5.73 Å². The zero-order valence-electron chi connectivity index (χ0n) is 7.77. The van der Waals surface area contributed by atoms with Gasteiger partial charge in [-0.15, -0.1) is 0 Å². The number of hydrogen-bond acceptors (Lipinski definition) is 4. The first-order chi connectivity index (χ1) is 7.38. The predicted molar refractivity (Wildman–Crippen MR) is 56.7 cm³/mol. The van der Waals surface area contributed by atoms with Gasteiger partial charge in [-0.3, -0.25) is 4.79 Å². The van der Waals surface area contributed by atoms with E-state index in [1.807, 2.05) is 0 Å². The molecule has 2 N–H and O–H groups in total. The normalized spacial score (nSPS) is 13.4. The monoisotopic (exact) mass is 268 g/mol. The van der Waals surface area contributed by atoms with Crippen molar-refractivity contribution in [3.63, 3.8) is 0 Å². The van der Waals surface area contributed by atoms with E-state index in [1.165, 1.54) is 12.3 Å². The minimum Gasteiger partial charge on any atom is -0.368 e. The molecule has 8 heteroatoms. The van der Waals surface area contributed by atoms with Crippen LogP contribution in [0.1, 0.15) is 0 Å². The van der Waals surface area contributed by atoms with Gasteiger partial charge in [0.15, 0.2) is 0 Å². The first-order valence-corrected chi connectivity index (χ1v) is 5.76. The number of hydrogen-bond donors (Lipinski definition) is 1. The molecule has 0 aliphatic heterocycles. The Balaban J connectivity index is 2.70. The molecule has 1 amide bonds. The molecule has 0 aromatic carbocycles. The minimum absolute atomic E-state index is 0.322. The number of alkyl halides is 3. The molecular formula is C8H7F3N2OS2. The van der Waals surface area contributed by atoms with Gasteiger partial charge in [0.25, 0.3) is 0 Å². The summed E-state index contributed by atoms with van der Waals surface area (Å²) < 4.78 is 34.8. The van der Waals surface area contributed by atoms with Crippen molar-refractivity contribution >= 4 is 29.4 Å². The second-order valence-electron chi connectivity index (χ2n) is 2.58. The molecule has 0 fully saturated rings. The number of carbonyl (C=O) groups is 1. The minimum atomic E-state index is -4.50. The number of halogens is 3. The highest BCUT2D eigenvalue weighted by molar-refractivity contribution is 8.18. The van der Waals surface area contributed by atoms with Crippen molar-refractivity contribution in [3.05, 3.63) is 24.4 Å². The molecule has 0 bridgehead atoms. The lowest BCUT2D eigenvalue weighted by molar-refractivity contribution is -0.116. The van der Waals surface area contributed by atoms with Gasteiger partial charge in [-0.25, -0.2) is 4.98 Å². The third-order valence-electron chi connectivity index (χ3n) is 1.34. The summed E-state index contributed by atoms with van der Waals surface area (Å²) >= 11 is 0.234. The van der Waals surface area contributed by atoms with Crippen molar-refractivity contribution in [2.45, 2.75) is 15.1 Å². The maximum Gasteiger partial charge on any atom is 0.443 e. The summed E-state index contributed by atoms with van der Waals surface area (Å²) in [6.45, 7) is 0. The van der Waals surface area contributed by atoms with Crippen molar-refractivity contribution in [2.24, 2.45) is 5.73 Å². The van der Waals surface area contributed by atoms with E-state index in [0.717, 1.165) is 0 Å². The fraction of sp³-hybridized carbons (Fsp3) is 0.250. The van der Waals surface area contributed by atoms with Gasteiger partial charge in [-0.2, -0.15) is 13.2 Å². The Bertz CT molecular complexity index is 358. The predicted octanol–water partition coefficient (Wildman–Crippen LogP) is 2.24. The summed E-state index contributed by atoms with van der Waals surface area (Å²) in [5, 5.41) is 0.322.